The Morgan fingerprint density at radius 1 is 0.800 bits per heavy atom. The third-order valence-corrected chi connectivity index (χ3v) is 5.30. The van der Waals surface area contributed by atoms with Gasteiger partial charge in [-0.1, -0.05) is 84.7 Å². The smallest absolute Gasteiger partial charge is 0.0243 e. The summed E-state index contributed by atoms with van der Waals surface area (Å²) in [6.07, 6.45) is 2.33. The van der Waals surface area contributed by atoms with Gasteiger partial charge in [0.1, 0.15) is 0 Å². The van der Waals surface area contributed by atoms with Crippen molar-refractivity contribution < 1.29 is 0 Å². The van der Waals surface area contributed by atoms with Crippen molar-refractivity contribution in [2.45, 2.75) is 39.8 Å². The Kier molecular flexibility index (Phi) is 6.28. The van der Waals surface area contributed by atoms with Gasteiger partial charge >= 0.3 is 0 Å². The van der Waals surface area contributed by atoms with E-state index < -0.39 is 0 Å². The first-order valence-electron chi connectivity index (χ1n) is 9.17. The second kappa shape index (κ2) is 8.64. The fraction of sp³-hybridized carbons (Fsp3) is 0.304. The second-order valence-corrected chi connectivity index (χ2v) is 7.52. The van der Waals surface area contributed by atoms with Gasteiger partial charge in [0.05, 0.1) is 0 Å². The first-order chi connectivity index (χ1) is 12.2. The molecule has 0 atom stereocenters. The molecule has 0 amide bonds. The molecule has 0 saturated heterocycles. The molecule has 0 aliphatic rings. The van der Waals surface area contributed by atoms with E-state index in [2.05, 4.69) is 95.3 Å². The van der Waals surface area contributed by atoms with Crippen molar-refractivity contribution in [1.82, 2.24) is 4.90 Å². The lowest BCUT2D eigenvalue weighted by molar-refractivity contribution is 0.271. The van der Waals surface area contributed by atoms with E-state index >= 15 is 0 Å². The largest absolute Gasteiger partial charge is 0.295 e. The molecule has 25 heavy (non-hydrogen) atoms. The van der Waals surface area contributed by atoms with Crippen LogP contribution in [-0.2, 0) is 19.5 Å². The molecule has 0 unspecified atom stereocenters. The van der Waals surface area contributed by atoms with E-state index in [1.807, 2.05) is 0 Å². The van der Waals surface area contributed by atoms with Crippen molar-refractivity contribution in [3.8, 4) is 0 Å². The quantitative estimate of drug-likeness (QED) is 0.436. The highest BCUT2D eigenvalue weighted by Gasteiger charge is 2.11. The summed E-state index contributed by atoms with van der Waals surface area (Å²) in [6, 6.07) is 22.0. The van der Waals surface area contributed by atoms with E-state index in [0.29, 0.717) is 0 Å². The van der Waals surface area contributed by atoms with Crippen molar-refractivity contribution in [2.24, 2.45) is 0 Å². The molecule has 1 nitrogen and oxygen atoms in total. The van der Waals surface area contributed by atoms with Crippen LogP contribution in [0.1, 0.15) is 37.0 Å². The van der Waals surface area contributed by atoms with Gasteiger partial charge in [-0.3, -0.25) is 4.90 Å². The van der Waals surface area contributed by atoms with Gasteiger partial charge < -0.3 is 0 Å². The van der Waals surface area contributed by atoms with Gasteiger partial charge in [-0.05, 0) is 52.6 Å². The minimum atomic E-state index is 0.982. The molecule has 130 valence electrons. The zero-order chi connectivity index (χ0) is 17.6. The topological polar surface area (TPSA) is 3.24 Å². The maximum absolute atomic E-state index is 3.64. The van der Waals surface area contributed by atoms with Crippen molar-refractivity contribution in [3.63, 3.8) is 0 Å². The average Bonchev–Trinajstić information content (AvgIpc) is 2.63. The number of benzene rings is 3. The van der Waals surface area contributed by atoms with Crippen LogP contribution in [0.25, 0.3) is 10.8 Å². The Morgan fingerprint density at radius 3 is 2.36 bits per heavy atom. The Hall–Kier alpha value is -1.64. The minimum Gasteiger partial charge on any atom is -0.295 e. The molecule has 0 aliphatic heterocycles. The summed E-state index contributed by atoms with van der Waals surface area (Å²) in [5.74, 6) is 0. The number of hydrogen-bond acceptors (Lipinski definition) is 1. The lowest BCUT2D eigenvalue weighted by Gasteiger charge is -2.23. The summed E-state index contributed by atoms with van der Waals surface area (Å²) in [6.45, 7) is 7.52. The van der Waals surface area contributed by atoms with Gasteiger partial charge in [0, 0.05) is 17.6 Å². The van der Waals surface area contributed by atoms with E-state index in [9.17, 15) is 0 Å². The minimum absolute atomic E-state index is 0.982. The predicted octanol–water partition coefficient (Wildman–Crippen LogP) is 6.58. The van der Waals surface area contributed by atoms with Crippen LogP contribution in [0, 0.1) is 0 Å². The summed E-state index contributed by atoms with van der Waals surface area (Å²) in [5, 5.41) is 2.69. The van der Waals surface area contributed by atoms with Crippen LogP contribution in [0.2, 0.25) is 0 Å². The van der Waals surface area contributed by atoms with Gasteiger partial charge in [-0.25, -0.2) is 0 Å². The molecule has 0 aromatic heterocycles. The zero-order valence-corrected chi connectivity index (χ0v) is 16.7. The second-order valence-electron chi connectivity index (χ2n) is 6.60. The standard InChI is InChI=1S/C23H26BrN/c1-3-8-18-13-14-22(24)15-21(18)17-25(4-2)16-20-11-7-10-19-9-5-6-12-23(19)20/h5-7,9-15H,3-4,8,16-17H2,1-2H3. The van der Waals surface area contributed by atoms with Crippen molar-refractivity contribution in [2.75, 3.05) is 6.54 Å². The fourth-order valence-electron chi connectivity index (χ4n) is 3.45. The molecule has 2 heteroatoms. The third-order valence-electron chi connectivity index (χ3n) is 4.80. The van der Waals surface area contributed by atoms with Crippen molar-refractivity contribution >= 4 is 26.7 Å². The lowest BCUT2D eigenvalue weighted by Crippen LogP contribution is -2.23. The van der Waals surface area contributed by atoms with Gasteiger partial charge in [0.15, 0.2) is 0 Å². The Bertz CT molecular complexity index is 835. The van der Waals surface area contributed by atoms with Crippen LogP contribution in [0.4, 0.5) is 0 Å². The summed E-state index contributed by atoms with van der Waals surface area (Å²) in [4.78, 5) is 2.53. The van der Waals surface area contributed by atoms with Crippen molar-refractivity contribution in [3.05, 3.63) is 81.8 Å². The first kappa shape index (κ1) is 18.2. The maximum Gasteiger partial charge on any atom is 0.0243 e. The van der Waals surface area contributed by atoms with E-state index in [-0.39, 0.29) is 0 Å². The van der Waals surface area contributed by atoms with Crippen molar-refractivity contribution in [1.29, 1.82) is 0 Å². The Morgan fingerprint density at radius 2 is 1.56 bits per heavy atom. The summed E-state index contributed by atoms with van der Waals surface area (Å²) < 4.78 is 1.17. The highest BCUT2D eigenvalue weighted by atomic mass is 79.9. The van der Waals surface area contributed by atoms with Crippen LogP contribution < -0.4 is 0 Å². The molecular weight excluding hydrogens is 370 g/mol. The highest BCUT2D eigenvalue weighted by molar-refractivity contribution is 9.10. The predicted molar refractivity (Wildman–Crippen MR) is 112 cm³/mol. The van der Waals surface area contributed by atoms with Crippen LogP contribution >= 0.6 is 15.9 Å². The summed E-state index contributed by atoms with van der Waals surface area (Å²) in [7, 11) is 0. The third kappa shape index (κ3) is 4.50. The van der Waals surface area contributed by atoms with Crippen LogP contribution in [0.3, 0.4) is 0 Å². The first-order valence-corrected chi connectivity index (χ1v) is 9.96. The van der Waals surface area contributed by atoms with Gasteiger partial charge in [0.2, 0.25) is 0 Å². The lowest BCUT2D eigenvalue weighted by atomic mass is 10.0. The Labute approximate surface area is 159 Å². The van der Waals surface area contributed by atoms with Gasteiger partial charge in [-0.2, -0.15) is 0 Å². The Balaban J connectivity index is 1.85. The molecule has 0 bridgehead atoms. The van der Waals surface area contributed by atoms with E-state index in [4.69, 9.17) is 0 Å². The molecule has 0 heterocycles. The number of aryl methyl sites for hydroxylation is 1. The molecule has 0 N–H and O–H groups in total. The SMILES string of the molecule is CCCc1ccc(Br)cc1CN(CC)Cc1cccc2ccccc12. The zero-order valence-electron chi connectivity index (χ0n) is 15.1. The van der Waals surface area contributed by atoms with Gasteiger partial charge in [0.25, 0.3) is 0 Å². The fourth-order valence-corrected chi connectivity index (χ4v) is 3.86. The monoisotopic (exact) mass is 395 g/mol. The molecule has 3 aromatic rings. The molecular formula is C23H26BrN. The number of nitrogens with zero attached hydrogens (tertiary/aromatic N) is 1. The molecule has 0 fully saturated rings. The molecule has 0 spiro atoms. The average molecular weight is 396 g/mol. The van der Waals surface area contributed by atoms with Crippen LogP contribution in [-0.4, -0.2) is 11.4 Å². The summed E-state index contributed by atoms with van der Waals surface area (Å²) in [5.41, 5.74) is 4.33. The molecule has 3 rings (SSSR count). The number of fused-ring (bicyclic) bond motifs is 1. The highest BCUT2D eigenvalue weighted by Crippen LogP contribution is 2.23. The van der Waals surface area contributed by atoms with E-state index in [1.54, 1.807) is 0 Å². The van der Waals surface area contributed by atoms with Crippen LogP contribution in [0.15, 0.2) is 65.1 Å². The summed E-state index contributed by atoms with van der Waals surface area (Å²) >= 11 is 3.64. The normalized spacial score (nSPS) is 11.4. The number of halogens is 1. The van der Waals surface area contributed by atoms with Crippen LogP contribution in [0.5, 0.6) is 0 Å². The molecule has 0 aliphatic carbocycles. The van der Waals surface area contributed by atoms with E-state index in [1.165, 1.54) is 38.4 Å². The maximum atomic E-state index is 3.64. The van der Waals surface area contributed by atoms with Gasteiger partial charge in [-0.15, -0.1) is 0 Å². The number of hydrogen-bond donors (Lipinski definition) is 0. The number of rotatable bonds is 7. The van der Waals surface area contributed by atoms with E-state index in [0.717, 1.165) is 26.1 Å². The molecule has 3 aromatic carbocycles. The molecule has 0 radical (unpaired) electrons. The molecule has 0 saturated carbocycles.